The van der Waals surface area contributed by atoms with E-state index in [4.69, 9.17) is 9.47 Å². The molecule has 2 rings (SSSR count). The molecule has 1 aromatic carbocycles. The zero-order valence-corrected chi connectivity index (χ0v) is 12.8. The van der Waals surface area contributed by atoms with Crippen LogP contribution in [0.25, 0.3) is 0 Å². The molecule has 0 spiro atoms. The number of carbonyl (C=O) groups excluding carboxylic acids is 1. The molecule has 0 radical (unpaired) electrons. The molecule has 0 bridgehead atoms. The lowest BCUT2D eigenvalue weighted by molar-refractivity contribution is -0.0106. The maximum absolute atomic E-state index is 13.8. The summed E-state index contributed by atoms with van der Waals surface area (Å²) in [7, 11) is 1.41. The summed E-state index contributed by atoms with van der Waals surface area (Å²) < 4.78 is 24.1. The molecule has 1 aliphatic heterocycles. The average Bonchev–Trinajstić information content (AvgIpc) is 2.54. The Labute approximate surface area is 124 Å². The van der Waals surface area contributed by atoms with E-state index >= 15 is 0 Å². The number of rotatable bonds is 5. The first-order valence-electron chi connectivity index (χ1n) is 7.24. The molecule has 1 aromatic rings. The van der Waals surface area contributed by atoms with E-state index in [-0.39, 0.29) is 11.5 Å². The van der Waals surface area contributed by atoms with Gasteiger partial charge in [0, 0.05) is 18.7 Å². The molecule has 1 heterocycles. The van der Waals surface area contributed by atoms with Crippen LogP contribution >= 0.6 is 0 Å². The van der Waals surface area contributed by atoms with Gasteiger partial charge in [-0.15, -0.1) is 0 Å². The molecule has 21 heavy (non-hydrogen) atoms. The van der Waals surface area contributed by atoms with Crippen molar-refractivity contribution < 1.29 is 18.7 Å². The maximum Gasteiger partial charge on any atom is 0.182 e. The Morgan fingerprint density at radius 1 is 1.43 bits per heavy atom. The number of methoxy groups -OCH3 is 1. The lowest BCUT2D eigenvalue weighted by Crippen LogP contribution is -2.56. The molecule has 1 unspecified atom stereocenters. The van der Waals surface area contributed by atoms with Crippen molar-refractivity contribution in [1.82, 2.24) is 4.90 Å². The molecule has 0 aromatic heterocycles. The minimum atomic E-state index is -0.634. The largest absolute Gasteiger partial charge is 0.494 e. The van der Waals surface area contributed by atoms with Crippen LogP contribution < -0.4 is 4.74 Å². The highest BCUT2D eigenvalue weighted by molar-refractivity contribution is 6.03. The van der Waals surface area contributed by atoms with Crippen LogP contribution in [0, 0.1) is 5.82 Å². The number of Topliss-reactive ketones (excluding diaryl/α,β-unsaturated/α-hetero) is 1. The van der Waals surface area contributed by atoms with Gasteiger partial charge in [-0.3, -0.25) is 9.69 Å². The zero-order valence-electron chi connectivity index (χ0n) is 12.8. The molecule has 0 aliphatic carbocycles. The molecule has 1 atom stereocenters. The van der Waals surface area contributed by atoms with E-state index in [1.807, 2.05) is 13.8 Å². The van der Waals surface area contributed by atoms with E-state index in [9.17, 15) is 9.18 Å². The smallest absolute Gasteiger partial charge is 0.182 e. The van der Waals surface area contributed by atoms with Gasteiger partial charge in [0.25, 0.3) is 0 Å². The van der Waals surface area contributed by atoms with Crippen molar-refractivity contribution in [2.24, 2.45) is 0 Å². The summed E-state index contributed by atoms with van der Waals surface area (Å²) in [6.45, 7) is 6.58. The lowest BCUT2D eigenvalue weighted by atomic mass is 9.86. The Balaban J connectivity index is 2.28. The van der Waals surface area contributed by atoms with Crippen LogP contribution in [0.1, 0.15) is 30.6 Å². The van der Waals surface area contributed by atoms with Crippen LogP contribution in [-0.4, -0.2) is 49.6 Å². The molecule has 5 heteroatoms. The fourth-order valence-electron chi connectivity index (χ4n) is 2.70. The lowest BCUT2D eigenvalue weighted by Gasteiger charge is -2.41. The summed E-state index contributed by atoms with van der Waals surface area (Å²) in [5.41, 5.74) is -0.255. The predicted molar refractivity (Wildman–Crippen MR) is 78.4 cm³/mol. The summed E-state index contributed by atoms with van der Waals surface area (Å²) in [6, 6.07) is 4.38. The number of halogens is 1. The van der Waals surface area contributed by atoms with Gasteiger partial charge < -0.3 is 9.47 Å². The summed E-state index contributed by atoms with van der Waals surface area (Å²) in [5, 5.41) is 0. The van der Waals surface area contributed by atoms with E-state index in [0.29, 0.717) is 38.3 Å². The number of nitrogens with zero attached hydrogens (tertiary/aromatic N) is 1. The molecule has 0 N–H and O–H groups in total. The first-order chi connectivity index (χ1) is 10.0. The van der Waals surface area contributed by atoms with Crippen molar-refractivity contribution in [3.63, 3.8) is 0 Å². The molecule has 1 saturated heterocycles. The Kier molecular flexibility index (Phi) is 4.96. The van der Waals surface area contributed by atoms with Gasteiger partial charge in [-0.1, -0.05) is 6.92 Å². The van der Waals surface area contributed by atoms with Gasteiger partial charge >= 0.3 is 0 Å². The first kappa shape index (κ1) is 15.9. The Bertz CT molecular complexity index is 514. The number of hydrogen-bond acceptors (Lipinski definition) is 4. The summed E-state index contributed by atoms with van der Waals surface area (Å²) in [5.74, 6) is -0.423. The van der Waals surface area contributed by atoms with Gasteiger partial charge in [0.2, 0.25) is 0 Å². The van der Waals surface area contributed by atoms with E-state index < -0.39 is 11.4 Å². The van der Waals surface area contributed by atoms with Crippen LogP contribution in [0.2, 0.25) is 0 Å². The Hall–Kier alpha value is -1.46. The zero-order chi connectivity index (χ0) is 15.5. The molecule has 1 aliphatic rings. The van der Waals surface area contributed by atoms with Gasteiger partial charge in [-0.25, -0.2) is 4.39 Å². The number of ketones is 1. The summed E-state index contributed by atoms with van der Waals surface area (Å²) >= 11 is 0. The third-order valence-corrected chi connectivity index (χ3v) is 4.30. The van der Waals surface area contributed by atoms with Crippen LogP contribution in [0.3, 0.4) is 0 Å². The van der Waals surface area contributed by atoms with Crippen molar-refractivity contribution >= 4 is 5.78 Å². The van der Waals surface area contributed by atoms with Gasteiger partial charge in [0.15, 0.2) is 17.3 Å². The van der Waals surface area contributed by atoms with Crippen molar-refractivity contribution in [3.05, 3.63) is 29.6 Å². The minimum Gasteiger partial charge on any atom is -0.494 e. The Morgan fingerprint density at radius 2 is 2.10 bits per heavy atom. The number of carbonyl (C=O) groups is 1. The van der Waals surface area contributed by atoms with Crippen molar-refractivity contribution in [3.8, 4) is 5.75 Å². The number of ether oxygens (including phenoxy) is 2. The average molecular weight is 295 g/mol. The molecular formula is C16H22FNO3. The van der Waals surface area contributed by atoms with Crippen molar-refractivity contribution in [2.45, 2.75) is 25.8 Å². The second-order valence-electron chi connectivity index (χ2n) is 5.41. The van der Waals surface area contributed by atoms with Crippen LogP contribution in [0.15, 0.2) is 18.2 Å². The second kappa shape index (κ2) is 6.54. The molecule has 0 amide bonds. The standard InChI is InChI=1S/C16H22FNO3/c1-4-16(2,18-7-9-21-10-8-18)15(19)12-5-6-14(20-3)13(17)11-12/h5-6,11H,4,7-10H2,1-3H3. The Morgan fingerprint density at radius 3 is 2.62 bits per heavy atom. The van der Waals surface area contributed by atoms with E-state index in [1.165, 1.54) is 19.2 Å². The third kappa shape index (κ3) is 3.09. The minimum absolute atomic E-state index is 0.0616. The first-order valence-corrected chi connectivity index (χ1v) is 7.24. The predicted octanol–water partition coefficient (Wildman–Crippen LogP) is 2.52. The molecule has 0 saturated carbocycles. The highest BCUT2D eigenvalue weighted by atomic mass is 19.1. The van der Waals surface area contributed by atoms with E-state index in [2.05, 4.69) is 4.90 Å². The van der Waals surface area contributed by atoms with Gasteiger partial charge in [-0.05, 0) is 31.5 Å². The number of hydrogen-bond donors (Lipinski definition) is 0. The van der Waals surface area contributed by atoms with Crippen molar-refractivity contribution in [2.75, 3.05) is 33.4 Å². The van der Waals surface area contributed by atoms with Crippen LogP contribution in [-0.2, 0) is 4.74 Å². The molecular weight excluding hydrogens is 273 g/mol. The van der Waals surface area contributed by atoms with Crippen molar-refractivity contribution in [1.29, 1.82) is 0 Å². The number of morpholine rings is 1. The third-order valence-electron chi connectivity index (χ3n) is 4.30. The quantitative estimate of drug-likeness (QED) is 0.783. The summed E-state index contributed by atoms with van der Waals surface area (Å²) in [4.78, 5) is 15.0. The highest BCUT2D eigenvalue weighted by Gasteiger charge is 2.39. The number of benzene rings is 1. The molecule has 116 valence electrons. The van der Waals surface area contributed by atoms with E-state index in [0.717, 1.165) is 0 Å². The summed E-state index contributed by atoms with van der Waals surface area (Å²) in [6.07, 6.45) is 0.666. The maximum atomic E-state index is 13.8. The monoisotopic (exact) mass is 295 g/mol. The fraction of sp³-hybridized carbons (Fsp3) is 0.562. The topological polar surface area (TPSA) is 38.8 Å². The fourth-order valence-corrected chi connectivity index (χ4v) is 2.70. The molecule has 1 fully saturated rings. The highest BCUT2D eigenvalue weighted by Crippen LogP contribution is 2.27. The normalized spacial score (nSPS) is 19.0. The SMILES string of the molecule is CCC(C)(C(=O)c1ccc(OC)c(F)c1)N1CCOCC1. The van der Waals surface area contributed by atoms with Gasteiger partial charge in [-0.2, -0.15) is 0 Å². The van der Waals surface area contributed by atoms with Crippen LogP contribution in [0.4, 0.5) is 4.39 Å². The molecule has 4 nitrogen and oxygen atoms in total. The van der Waals surface area contributed by atoms with Gasteiger partial charge in [0.05, 0.1) is 25.9 Å². The second-order valence-corrected chi connectivity index (χ2v) is 5.41. The van der Waals surface area contributed by atoms with Gasteiger partial charge in [0.1, 0.15) is 0 Å². The van der Waals surface area contributed by atoms with Crippen LogP contribution in [0.5, 0.6) is 5.75 Å². The van der Waals surface area contributed by atoms with E-state index in [1.54, 1.807) is 6.07 Å².